The van der Waals surface area contributed by atoms with Crippen LogP contribution < -0.4 is 0 Å². The topological polar surface area (TPSA) is 14.2 Å². The van der Waals surface area contributed by atoms with E-state index < -0.39 is 52.5 Å². The number of hydrogen-bond acceptors (Lipinski definition) is 0. The Morgan fingerprint density at radius 3 is 1.51 bits per heavy atom. The van der Waals surface area contributed by atoms with Crippen LogP contribution >= 0.6 is 0 Å². The Balaban J connectivity index is 1.17. The summed E-state index contributed by atoms with van der Waals surface area (Å²) >= 11 is 0. The number of aryl methyl sites for hydroxylation is 2. The van der Waals surface area contributed by atoms with Crippen molar-refractivity contribution >= 4 is 49.3 Å². The van der Waals surface area contributed by atoms with Gasteiger partial charge in [-0.3, -0.25) is 0 Å². The highest BCUT2D eigenvalue weighted by atomic mass is 19.4. The third-order valence-corrected chi connectivity index (χ3v) is 13.9. The third kappa shape index (κ3) is 8.38. The molecule has 2 aromatic heterocycles. The number of aromatic nitrogens is 2. The summed E-state index contributed by atoms with van der Waals surface area (Å²) in [5.74, 6) is 0. The van der Waals surface area contributed by atoms with Crippen LogP contribution in [0.4, 0.5) is 58.4 Å². The van der Waals surface area contributed by atoms with Crippen molar-refractivity contribution in [3.05, 3.63) is 221 Å². The summed E-state index contributed by atoms with van der Waals surface area (Å²) in [6.07, 6.45) is -19.6. The Bertz CT molecular complexity index is 4220. The van der Waals surface area contributed by atoms with E-state index in [1.54, 1.807) is 128 Å². The van der Waals surface area contributed by atoms with Crippen molar-refractivity contribution in [2.45, 2.75) is 38.6 Å². The molecule has 0 saturated carbocycles. The molecule has 0 spiro atoms. The molecule has 0 aliphatic carbocycles. The van der Waals surface area contributed by atoms with Gasteiger partial charge in [0.25, 0.3) is 0 Å². The Kier molecular flexibility index (Phi) is 11.5. The smallest absolute Gasteiger partial charge is 0.309 e. The first-order chi connectivity index (χ1) is 36.0. The predicted octanol–water partition coefficient (Wildman–Crippen LogP) is 19.8. The molecule has 0 fully saturated rings. The number of para-hydroxylation sites is 2. The van der Waals surface area contributed by atoms with Gasteiger partial charge in [0.05, 0.1) is 56.6 Å². The van der Waals surface area contributed by atoms with Gasteiger partial charge in [0.1, 0.15) is 0 Å². The van der Waals surface area contributed by atoms with Gasteiger partial charge in [-0.1, -0.05) is 96.6 Å². The molecule has 0 N–H and O–H groups in total. The SMILES string of the molecule is [C-]#[N+]c1ccc(-n2c3ccccc3c3cc(-c4ccc(C(F)(F)F)cc4C(F)(F)F)ccc32)cc1-c1cc(-c2c(C)cccc2C(F)(F)F)ccc1-n1c2ccccc2c2cc(-c3ccc(C)cc3C(F)(F)F)ccc21. The van der Waals surface area contributed by atoms with Gasteiger partial charge in [0.15, 0.2) is 5.69 Å². The zero-order valence-corrected chi connectivity index (χ0v) is 39.6. The highest BCUT2D eigenvalue weighted by Crippen LogP contribution is 2.48. The van der Waals surface area contributed by atoms with Crippen LogP contribution in [0.5, 0.6) is 0 Å². The van der Waals surface area contributed by atoms with Gasteiger partial charge in [0, 0.05) is 27.2 Å². The second-order valence-electron chi connectivity index (χ2n) is 18.5. The van der Waals surface area contributed by atoms with E-state index in [1.165, 1.54) is 24.3 Å². The minimum Gasteiger partial charge on any atom is -0.309 e. The Hall–Kier alpha value is -8.77. The maximum absolute atomic E-state index is 14.9. The molecular formula is C61H35F12N3. The number of benzene rings is 9. The van der Waals surface area contributed by atoms with Crippen molar-refractivity contribution in [1.29, 1.82) is 0 Å². The lowest BCUT2D eigenvalue weighted by atomic mass is 9.91. The molecular weight excluding hydrogens is 1000 g/mol. The van der Waals surface area contributed by atoms with Crippen molar-refractivity contribution < 1.29 is 52.7 Å². The van der Waals surface area contributed by atoms with Crippen LogP contribution in [0.3, 0.4) is 0 Å². The molecule has 378 valence electrons. The van der Waals surface area contributed by atoms with Crippen LogP contribution in [0.15, 0.2) is 176 Å². The van der Waals surface area contributed by atoms with Crippen molar-refractivity contribution in [3.8, 4) is 55.9 Å². The zero-order valence-electron chi connectivity index (χ0n) is 39.6. The molecule has 0 amide bonds. The van der Waals surface area contributed by atoms with E-state index in [4.69, 9.17) is 6.57 Å². The largest absolute Gasteiger partial charge is 0.417 e. The molecule has 0 unspecified atom stereocenters. The van der Waals surface area contributed by atoms with E-state index in [0.717, 1.165) is 18.2 Å². The van der Waals surface area contributed by atoms with Gasteiger partial charge in [-0.15, -0.1) is 0 Å². The molecule has 9 aromatic carbocycles. The van der Waals surface area contributed by atoms with Crippen molar-refractivity contribution in [2.24, 2.45) is 0 Å². The summed E-state index contributed by atoms with van der Waals surface area (Å²) in [5.41, 5.74) is -0.403. The highest BCUT2D eigenvalue weighted by Gasteiger charge is 2.39. The highest BCUT2D eigenvalue weighted by molar-refractivity contribution is 6.12. The lowest BCUT2D eigenvalue weighted by Crippen LogP contribution is -2.12. The maximum Gasteiger partial charge on any atom is 0.417 e. The fourth-order valence-corrected chi connectivity index (χ4v) is 10.5. The Labute approximate surface area is 424 Å². The summed E-state index contributed by atoms with van der Waals surface area (Å²) in [6, 6.07) is 42.6. The van der Waals surface area contributed by atoms with Crippen molar-refractivity contribution in [1.82, 2.24) is 9.13 Å². The van der Waals surface area contributed by atoms with E-state index >= 15 is 0 Å². The average molecular weight is 1040 g/mol. The maximum atomic E-state index is 14.9. The molecule has 11 aromatic rings. The van der Waals surface area contributed by atoms with E-state index in [2.05, 4.69) is 4.85 Å². The van der Waals surface area contributed by atoms with E-state index in [0.29, 0.717) is 83.3 Å². The fraction of sp³-hybridized carbons (Fsp3) is 0.0984. The first-order valence-electron chi connectivity index (χ1n) is 23.4. The number of hydrogen-bond donors (Lipinski definition) is 0. The van der Waals surface area contributed by atoms with Crippen molar-refractivity contribution in [2.75, 3.05) is 0 Å². The normalized spacial score (nSPS) is 12.6. The predicted molar refractivity (Wildman–Crippen MR) is 273 cm³/mol. The molecule has 0 bridgehead atoms. The van der Waals surface area contributed by atoms with Crippen molar-refractivity contribution in [3.63, 3.8) is 0 Å². The summed E-state index contributed by atoms with van der Waals surface area (Å²) in [7, 11) is 0. The van der Waals surface area contributed by atoms with Gasteiger partial charge in [-0.05, 0) is 149 Å². The second-order valence-corrected chi connectivity index (χ2v) is 18.5. The number of fused-ring (bicyclic) bond motifs is 6. The van der Waals surface area contributed by atoms with Crippen LogP contribution in [-0.2, 0) is 24.7 Å². The Morgan fingerprint density at radius 1 is 0.382 bits per heavy atom. The van der Waals surface area contributed by atoms with Gasteiger partial charge < -0.3 is 9.13 Å². The molecule has 11 rings (SSSR count). The Morgan fingerprint density at radius 2 is 0.921 bits per heavy atom. The summed E-state index contributed by atoms with van der Waals surface area (Å²) in [5, 5.41) is 2.22. The van der Waals surface area contributed by atoms with Gasteiger partial charge in [-0.2, -0.15) is 52.7 Å². The molecule has 3 nitrogen and oxygen atoms in total. The van der Waals surface area contributed by atoms with Gasteiger partial charge in [-0.25, -0.2) is 4.85 Å². The lowest BCUT2D eigenvalue weighted by Gasteiger charge is -2.20. The van der Waals surface area contributed by atoms with Gasteiger partial charge in [0.2, 0.25) is 0 Å². The van der Waals surface area contributed by atoms with E-state index in [9.17, 15) is 52.7 Å². The van der Waals surface area contributed by atoms with Crippen LogP contribution in [0.1, 0.15) is 33.4 Å². The number of nitrogens with zero attached hydrogens (tertiary/aromatic N) is 3. The molecule has 0 aliphatic rings. The molecule has 2 heterocycles. The standard InChI is InChI=1S/C61H35F12N3/c1-33-15-21-40(49(27-33)60(68,69)70)35-17-25-55-46(29-35)43-11-5-7-14-53(43)76(55)56-26-18-37(57-34(2)9-8-12-48(57)59(65,66)67)30-47(56)44-32-39(20-23-51(44)74-3)75-52-13-6-4-10-42(52)45-28-36(16-24-54(45)75)41-22-19-38(58(62,63)64)31-50(41)61(71,72)73/h4-32H,1-2H3. The summed E-state index contributed by atoms with van der Waals surface area (Å²) in [4.78, 5) is 3.89. The van der Waals surface area contributed by atoms with Crippen LogP contribution in [-0.4, -0.2) is 9.13 Å². The second kappa shape index (κ2) is 17.7. The zero-order chi connectivity index (χ0) is 53.8. The molecule has 0 radical (unpaired) electrons. The fourth-order valence-electron chi connectivity index (χ4n) is 10.5. The third-order valence-electron chi connectivity index (χ3n) is 13.9. The number of halogens is 12. The average Bonchev–Trinajstić information content (AvgIpc) is 4.02. The summed E-state index contributed by atoms with van der Waals surface area (Å²) in [6.45, 7) is 11.6. The summed E-state index contributed by atoms with van der Waals surface area (Å²) < 4.78 is 176. The monoisotopic (exact) mass is 1040 g/mol. The minimum absolute atomic E-state index is 0.00524. The van der Waals surface area contributed by atoms with Crippen LogP contribution in [0.25, 0.3) is 104 Å². The molecule has 76 heavy (non-hydrogen) atoms. The van der Waals surface area contributed by atoms with E-state index in [1.807, 2.05) is 16.7 Å². The minimum atomic E-state index is -5.14. The molecule has 0 atom stereocenters. The molecule has 0 aliphatic heterocycles. The number of rotatable bonds is 6. The quantitative estimate of drug-likeness (QED) is 0.116. The molecule has 15 heteroatoms. The number of alkyl halides is 12. The first kappa shape index (κ1) is 49.4. The van der Waals surface area contributed by atoms with Crippen LogP contribution in [0, 0.1) is 20.4 Å². The molecule has 0 saturated heterocycles. The first-order valence-corrected chi connectivity index (χ1v) is 23.4. The van der Waals surface area contributed by atoms with Gasteiger partial charge >= 0.3 is 24.7 Å². The van der Waals surface area contributed by atoms with E-state index in [-0.39, 0.29) is 39.6 Å². The lowest BCUT2D eigenvalue weighted by molar-refractivity contribution is -0.143. The van der Waals surface area contributed by atoms with Crippen LogP contribution in [0.2, 0.25) is 0 Å².